The van der Waals surface area contributed by atoms with Gasteiger partial charge in [0.15, 0.2) is 11.9 Å². The summed E-state index contributed by atoms with van der Waals surface area (Å²) in [6.45, 7) is 1.53. The van der Waals surface area contributed by atoms with Crippen molar-refractivity contribution in [1.29, 1.82) is 5.26 Å². The smallest absolute Gasteiger partial charge is 0.352 e. The molecule has 23 heavy (non-hydrogen) atoms. The minimum Gasteiger partial charge on any atom is -0.479 e. The Labute approximate surface area is 148 Å². The molecule has 0 aliphatic carbocycles. The molecule has 0 bridgehead atoms. The van der Waals surface area contributed by atoms with Gasteiger partial charge in [-0.25, -0.2) is 4.79 Å². The average molecular weight is 371 g/mol. The van der Waals surface area contributed by atoms with Crippen LogP contribution < -0.4 is 9.47 Å². The van der Waals surface area contributed by atoms with Crippen LogP contribution in [-0.4, -0.2) is 12.1 Å². The van der Waals surface area contributed by atoms with Crippen LogP contribution in [0.1, 0.15) is 12.5 Å². The van der Waals surface area contributed by atoms with Crippen molar-refractivity contribution in [2.45, 2.75) is 13.0 Å². The van der Waals surface area contributed by atoms with Gasteiger partial charge in [0.25, 0.3) is 0 Å². The van der Waals surface area contributed by atoms with Crippen LogP contribution in [0.2, 0.25) is 15.1 Å². The Morgan fingerprint density at radius 3 is 2.22 bits per heavy atom. The summed E-state index contributed by atoms with van der Waals surface area (Å²) in [4.78, 5) is 12.1. The van der Waals surface area contributed by atoms with Crippen molar-refractivity contribution >= 4 is 40.8 Å². The maximum absolute atomic E-state index is 12.1. The van der Waals surface area contributed by atoms with Crippen LogP contribution in [0.4, 0.5) is 0 Å². The van der Waals surface area contributed by atoms with Crippen LogP contribution in [0.5, 0.6) is 11.5 Å². The molecule has 0 saturated heterocycles. The first-order chi connectivity index (χ1) is 10.9. The Balaban J connectivity index is 2.07. The SMILES string of the molecule is CC(Oc1ccc(C#N)cc1)C(=O)Oc1c(Cl)cc(Cl)cc1Cl. The summed E-state index contributed by atoms with van der Waals surface area (Å²) >= 11 is 17.7. The number of hydrogen-bond acceptors (Lipinski definition) is 4. The van der Waals surface area contributed by atoms with E-state index < -0.39 is 12.1 Å². The Morgan fingerprint density at radius 2 is 1.70 bits per heavy atom. The highest BCUT2D eigenvalue weighted by atomic mass is 35.5. The lowest BCUT2D eigenvalue weighted by atomic mass is 10.2. The molecule has 2 aromatic carbocycles. The second-order valence-electron chi connectivity index (χ2n) is 4.52. The maximum atomic E-state index is 12.1. The Morgan fingerprint density at radius 1 is 1.13 bits per heavy atom. The number of rotatable bonds is 4. The first-order valence-corrected chi connectivity index (χ1v) is 7.57. The van der Waals surface area contributed by atoms with Crippen molar-refractivity contribution in [3.63, 3.8) is 0 Å². The zero-order valence-corrected chi connectivity index (χ0v) is 14.1. The summed E-state index contributed by atoms with van der Waals surface area (Å²) in [7, 11) is 0. The van der Waals surface area contributed by atoms with Crippen molar-refractivity contribution in [2.24, 2.45) is 0 Å². The largest absolute Gasteiger partial charge is 0.479 e. The van der Waals surface area contributed by atoms with E-state index in [1.807, 2.05) is 6.07 Å². The quantitative estimate of drug-likeness (QED) is 0.568. The highest BCUT2D eigenvalue weighted by Crippen LogP contribution is 2.36. The van der Waals surface area contributed by atoms with Crippen molar-refractivity contribution in [3.05, 3.63) is 57.0 Å². The van der Waals surface area contributed by atoms with Crippen LogP contribution >= 0.6 is 34.8 Å². The van der Waals surface area contributed by atoms with E-state index in [1.165, 1.54) is 19.1 Å². The normalized spacial score (nSPS) is 11.4. The fourth-order valence-corrected chi connectivity index (χ4v) is 2.56. The molecule has 0 radical (unpaired) electrons. The molecule has 0 heterocycles. The van der Waals surface area contributed by atoms with E-state index in [4.69, 9.17) is 49.5 Å². The zero-order chi connectivity index (χ0) is 17.0. The predicted octanol–water partition coefficient (Wildman–Crippen LogP) is 4.89. The van der Waals surface area contributed by atoms with E-state index in [0.717, 1.165) is 0 Å². The number of esters is 1. The molecule has 1 unspecified atom stereocenters. The molecule has 2 rings (SSSR count). The highest BCUT2D eigenvalue weighted by Gasteiger charge is 2.20. The van der Waals surface area contributed by atoms with E-state index in [2.05, 4.69) is 0 Å². The molecule has 0 aromatic heterocycles. The Bertz CT molecular complexity index is 746. The predicted molar refractivity (Wildman–Crippen MR) is 88.4 cm³/mol. The van der Waals surface area contributed by atoms with E-state index in [0.29, 0.717) is 16.3 Å². The van der Waals surface area contributed by atoms with Gasteiger partial charge in [-0.2, -0.15) is 5.26 Å². The van der Waals surface area contributed by atoms with E-state index in [9.17, 15) is 4.79 Å². The van der Waals surface area contributed by atoms with Crippen molar-refractivity contribution in [2.75, 3.05) is 0 Å². The summed E-state index contributed by atoms with van der Waals surface area (Å²) in [5.74, 6) is -0.208. The number of hydrogen-bond donors (Lipinski definition) is 0. The lowest BCUT2D eigenvalue weighted by Gasteiger charge is -2.15. The maximum Gasteiger partial charge on any atom is 0.352 e. The highest BCUT2D eigenvalue weighted by molar-refractivity contribution is 6.40. The van der Waals surface area contributed by atoms with Crippen LogP contribution in [0.25, 0.3) is 0 Å². The summed E-state index contributed by atoms with van der Waals surface area (Å²) in [5, 5.41) is 9.32. The number of halogens is 3. The second-order valence-corrected chi connectivity index (χ2v) is 5.77. The van der Waals surface area contributed by atoms with Gasteiger partial charge in [0.1, 0.15) is 5.75 Å². The topological polar surface area (TPSA) is 59.3 Å². The lowest BCUT2D eigenvalue weighted by Crippen LogP contribution is -2.28. The summed E-state index contributed by atoms with van der Waals surface area (Å²) < 4.78 is 10.6. The standard InChI is InChI=1S/C16H10Cl3NO3/c1-9(22-12-4-2-10(8-20)3-5-12)16(21)23-15-13(18)6-11(17)7-14(15)19/h2-7,9H,1H3. The van der Waals surface area contributed by atoms with E-state index in [1.54, 1.807) is 24.3 Å². The van der Waals surface area contributed by atoms with Crippen molar-refractivity contribution in [3.8, 4) is 17.6 Å². The number of nitrogens with zero attached hydrogens (tertiary/aromatic N) is 1. The molecule has 7 heteroatoms. The summed E-state index contributed by atoms with van der Waals surface area (Å²) in [6, 6.07) is 11.2. The minimum absolute atomic E-state index is 0.0259. The number of carbonyl (C=O) groups excluding carboxylic acids is 1. The first kappa shape index (κ1) is 17.4. The number of carbonyl (C=O) groups is 1. The first-order valence-electron chi connectivity index (χ1n) is 6.43. The molecule has 118 valence electrons. The Hall–Kier alpha value is -1.93. The second kappa shape index (κ2) is 7.56. The molecular formula is C16H10Cl3NO3. The van der Waals surface area contributed by atoms with Gasteiger partial charge >= 0.3 is 5.97 Å². The van der Waals surface area contributed by atoms with Gasteiger partial charge in [-0.15, -0.1) is 0 Å². The van der Waals surface area contributed by atoms with E-state index in [-0.39, 0.29) is 15.8 Å². The van der Waals surface area contributed by atoms with E-state index >= 15 is 0 Å². The number of ether oxygens (including phenoxy) is 2. The Kier molecular flexibility index (Phi) is 5.73. The molecule has 0 spiro atoms. The van der Waals surface area contributed by atoms with Gasteiger partial charge in [0.05, 0.1) is 21.7 Å². The van der Waals surface area contributed by atoms with Gasteiger partial charge in [-0.3, -0.25) is 0 Å². The van der Waals surface area contributed by atoms with Crippen molar-refractivity contribution in [1.82, 2.24) is 0 Å². The van der Waals surface area contributed by atoms with Crippen LogP contribution in [0.3, 0.4) is 0 Å². The van der Waals surface area contributed by atoms with Gasteiger partial charge in [0.2, 0.25) is 0 Å². The molecule has 1 atom stereocenters. The molecular weight excluding hydrogens is 361 g/mol. The van der Waals surface area contributed by atoms with Gasteiger partial charge in [0, 0.05) is 5.02 Å². The van der Waals surface area contributed by atoms with Crippen LogP contribution in [-0.2, 0) is 4.79 Å². The third-order valence-corrected chi connectivity index (χ3v) is 3.57. The van der Waals surface area contributed by atoms with Gasteiger partial charge in [-0.05, 0) is 43.3 Å². The minimum atomic E-state index is -0.897. The molecule has 0 saturated carbocycles. The molecule has 0 N–H and O–H groups in total. The lowest BCUT2D eigenvalue weighted by molar-refractivity contribution is -0.141. The fourth-order valence-electron chi connectivity index (χ4n) is 1.67. The molecule has 2 aromatic rings. The third-order valence-electron chi connectivity index (χ3n) is 2.79. The number of nitriles is 1. The summed E-state index contributed by atoms with van der Waals surface area (Å²) in [5.41, 5.74) is 0.493. The fraction of sp³-hybridized carbons (Fsp3) is 0.125. The van der Waals surface area contributed by atoms with Crippen LogP contribution in [0, 0.1) is 11.3 Å². The number of benzene rings is 2. The van der Waals surface area contributed by atoms with Crippen molar-refractivity contribution < 1.29 is 14.3 Å². The summed E-state index contributed by atoms with van der Waals surface area (Å²) in [6.07, 6.45) is -0.897. The van der Waals surface area contributed by atoms with Crippen LogP contribution in [0.15, 0.2) is 36.4 Å². The third kappa shape index (κ3) is 4.52. The molecule has 0 amide bonds. The average Bonchev–Trinajstić information content (AvgIpc) is 2.51. The van der Waals surface area contributed by atoms with Gasteiger partial charge in [-0.1, -0.05) is 34.8 Å². The molecule has 0 aliphatic heterocycles. The zero-order valence-electron chi connectivity index (χ0n) is 11.8. The molecule has 4 nitrogen and oxygen atoms in total. The van der Waals surface area contributed by atoms with Gasteiger partial charge < -0.3 is 9.47 Å². The molecule has 0 aliphatic rings. The monoisotopic (exact) mass is 369 g/mol. The molecule has 0 fully saturated rings.